The zero-order valence-electron chi connectivity index (χ0n) is 14.6. The first-order valence-corrected chi connectivity index (χ1v) is 9.79. The van der Waals surface area contributed by atoms with E-state index < -0.39 is 15.9 Å². The number of sulfone groups is 1. The van der Waals surface area contributed by atoms with Gasteiger partial charge in [0, 0.05) is 18.3 Å². The number of aliphatic hydroxyl groups excluding tert-OH is 1. The smallest absolute Gasteiger partial charge is 0.175 e. The Morgan fingerprint density at radius 2 is 1.75 bits per heavy atom. The molecule has 2 aromatic rings. The average molecular weight is 347 g/mol. The van der Waals surface area contributed by atoms with E-state index in [-0.39, 0.29) is 10.4 Å². The van der Waals surface area contributed by atoms with Crippen molar-refractivity contribution in [3.8, 4) is 0 Å². The summed E-state index contributed by atoms with van der Waals surface area (Å²) in [4.78, 5) is 0.256. The maximum Gasteiger partial charge on any atom is 0.175 e. The Balaban J connectivity index is 2.05. The molecule has 1 unspecified atom stereocenters. The first-order valence-electron chi connectivity index (χ1n) is 7.90. The summed E-state index contributed by atoms with van der Waals surface area (Å²) >= 11 is 0. The molecule has 1 atom stereocenters. The Bertz CT molecular complexity index is 796. The molecule has 0 radical (unpaired) electrons. The molecule has 130 valence electrons. The molecule has 0 bridgehead atoms. The molecule has 0 fully saturated rings. The second-order valence-electron chi connectivity index (χ2n) is 6.73. The number of rotatable bonds is 6. The lowest BCUT2D eigenvalue weighted by atomic mass is 9.92. The minimum atomic E-state index is -3.22. The quantitative estimate of drug-likeness (QED) is 0.843. The van der Waals surface area contributed by atoms with Crippen molar-refractivity contribution in [2.45, 2.75) is 37.3 Å². The van der Waals surface area contributed by atoms with Crippen molar-refractivity contribution < 1.29 is 13.5 Å². The maximum atomic E-state index is 11.5. The van der Waals surface area contributed by atoms with Crippen LogP contribution in [-0.4, -0.2) is 26.3 Å². The highest BCUT2D eigenvalue weighted by molar-refractivity contribution is 7.90. The molecule has 0 amide bonds. The second-order valence-corrected chi connectivity index (χ2v) is 8.75. The Morgan fingerprint density at radius 3 is 2.29 bits per heavy atom. The van der Waals surface area contributed by atoms with Gasteiger partial charge in [0.15, 0.2) is 9.84 Å². The molecule has 0 heterocycles. The number of nitrogens with one attached hydrogen (secondary N) is 1. The van der Waals surface area contributed by atoms with Crippen molar-refractivity contribution in [3.63, 3.8) is 0 Å². The summed E-state index contributed by atoms with van der Waals surface area (Å²) in [7, 11) is -3.22. The van der Waals surface area contributed by atoms with Crippen LogP contribution in [0, 0.1) is 6.92 Å². The van der Waals surface area contributed by atoms with E-state index in [4.69, 9.17) is 0 Å². The Kier molecular flexibility index (Phi) is 5.48. The van der Waals surface area contributed by atoms with E-state index in [0.29, 0.717) is 12.1 Å². The fourth-order valence-corrected chi connectivity index (χ4v) is 3.17. The number of hydrogen-bond donors (Lipinski definition) is 2. The van der Waals surface area contributed by atoms with Gasteiger partial charge in [0.1, 0.15) is 0 Å². The van der Waals surface area contributed by atoms with E-state index in [1.807, 2.05) is 6.07 Å². The van der Waals surface area contributed by atoms with Crippen molar-refractivity contribution in [2.75, 3.05) is 12.8 Å². The topological polar surface area (TPSA) is 66.4 Å². The van der Waals surface area contributed by atoms with E-state index in [0.717, 1.165) is 5.56 Å². The van der Waals surface area contributed by atoms with Gasteiger partial charge in [-0.1, -0.05) is 42.0 Å². The zero-order valence-corrected chi connectivity index (χ0v) is 15.4. The molecule has 2 N–H and O–H groups in total. The molecular weight excluding hydrogens is 322 g/mol. The summed E-state index contributed by atoms with van der Waals surface area (Å²) in [5.74, 6) is 0. The number of benzene rings is 2. The summed E-state index contributed by atoms with van der Waals surface area (Å²) in [6.07, 6.45) is 0.465. The normalized spacial score (nSPS) is 13.7. The minimum absolute atomic E-state index is 0.256. The van der Waals surface area contributed by atoms with Gasteiger partial charge >= 0.3 is 0 Å². The molecule has 4 nitrogen and oxygen atoms in total. The largest absolute Gasteiger partial charge is 0.387 e. The average Bonchev–Trinajstić information content (AvgIpc) is 2.52. The van der Waals surface area contributed by atoms with Crippen LogP contribution in [-0.2, 0) is 15.4 Å². The monoisotopic (exact) mass is 347 g/mol. The molecule has 2 aromatic carbocycles. The molecule has 24 heavy (non-hydrogen) atoms. The highest BCUT2D eigenvalue weighted by Gasteiger charge is 2.21. The summed E-state index contributed by atoms with van der Waals surface area (Å²) in [5, 5.41) is 13.7. The molecule has 0 aliphatic carbocycles. The van der Waals surface area contributed by atoms with Gasteiger partial charge in [-0.25, -0.2) is 8.42 Å². The van der Waals surface area contributed by atoms with Crippen LogP contribution in [0.25, 0.3) is 0 Å². The van der Waals surface area contributed by atoms with E-state index in [9.17, 15) is 13.5 Å². The molecule has 0 aliphatic rings. The highest BCUT2D eigenvalue weighted by Crippen LogP contribution is 2.23. The third kappa shape index (κ3) is 4.66. The highest BCUT2D eigenvalue weighted by atomic mass is 32.2. The van der Waals surface area contributed by atoms with Crippen LogP contribution >= 0.6 is 0 Å². The van der Waals surface area contributed by atoms with E-state index in [2.05, 4.69) is 44.3 Å². The first-order chi connectivity index (χ1) is 11.1. The predicted octanol–water partition coefficient (Wildman–Crippen LogP) is 2.96. The summed E-state index contributed by atoms with van der Waals surface area (Å²) in [6.45, 7) is 6.57. The summed E-state index contributed by atoms with van der Waals surface area (Å²) < 4.78 is 23.0. The molecule has 0 aliphatic heterocycles. The van der Waals surface area contributed by atoms with Gasteiger partial charge in [0.2, 0.25) is 0 Å². The lowest BCUT2D eigenvalue weighted by Gasteiger charge is -2.29. The lowest BCUT2D eigenvalue weighted by Crippen LogP contribution is -2.39. The van der Waals surface area contributed by atoms with Gasteiger partial charge in [0.05, 0.1) is 11.0 Å². The third-order valence-corrected chi connectivity index (χ3v) is 5.30. The third-order valence-electron chi connectivity index (χ3n) is 4.17. The van der Waals surface area contributed by atoms with Crippen molar-refractivity contribution in [3.05, 3.63) is 65.2 Å². The van der Waals surface area contributed by atoms with Crippen LogP contribution in [0.3, 0.4) is 0 Å². The van der Waals surface area contributed by atoms with Crippen LogP contribution in [0.1, 0.15) is 36.6 Å². The fraction of sp³-hybridized carbons (Fsp3) is 0.368. The van der Waals surface area contributed by atoms with Gasteiger partial charge < -0.3 is 10.4 Å². The van der Waals surface area contributed by atoms with Crippen LogP contribution in [0.15, 0.2) is 53.4 Å². The van der Waals surface area contributed by atoms with Gasteiger partial charge in [-0.2, -0.15) is 0 Å². The van der Waals surface area contributed by atoms with Gasteiger partial charge in [-0.05, 0) is 44.0 Å². The standard InChI is InChI=1S/C19H25NO3S/c1-14-6-5-7-16(12-14)19(2,3)20-13-18(21)15-8-10-17(11-9-15)24(4,22)23/h5-12,18,20-21H,13H2,1-4H3. The Hall–Kier alpha value is -1.69. The molecule has 2 rings (SSSR count). The Morgan fingerprint density at radius 1 is 1.12 bits per heavy atom. The lowest BCUT2D eigenvalue weighted by molar-refractivity contribution is 0.161. The molecular formula is C19H25NO3S. The van der Waals surface area contributed by atoms with Crippen LogP contribution < -0.4 is 5.32 Å². The molecule has 0 saturated carbocycles. The second kappa shape index (κ2) is 7.05. The zero-order chi connectivity index (χ0) is 18.0. The molecule has 0 spiro atoms. The van der Waals surface area contributed by atoms with Crippen molar-refractivity contribution in [2.24, 2.45) is 0 Å². The Labute approximate surface area is 144 Å². The van der Waals surface area contributed by atoms with Gasteiger partial charge in [-0.3, -0.25) is 0 Å². The first kappa shape index (κ1) is 18.6. The van der Waals surface area contributed by atoms with E-state index >= 15 is 0 Å². The van der Waals surface area contributed by atoms with Gasteiger partial charge in [-0.15, -0.1) is 0 Å². The maximum absolute atomic E-state index is 11.5. The number of aryl methyl sites for hydroxylation is 1. The van der Waals surface area contributed by atoms with Crippen LogP contribution in [0.5, 0.6) is 0 Å². The fourth-order valence-electron chi connectivity index (χ4n) is 2.54. The van der Waals surface area contributed by atoms with E-state index in [1.54, 1.807) is 12.1 Å². The van der Waals surface area contributed by atoms with E-state index in [1.165, 1.54) is 24.0 Å². The van der Waals surface area contributed by atoms with Crippen molar-refractivity contribution >= 4 is 9.84 Å². The molecule has 0 aromatic heterocycles. The number of hydrogen-bond acceptors (Lipinski definition) is 4. The minimum Gasteiger partial charge on any atom is -0.387 e. The van der Waals surface area contributed by atoms with Gasteiger partial charge in [0.25, 0.3) is 0 Å². The molecule has 5 heteroatoms. The summed E-state index contributed by atoms with van der Waals surface area (Å²) in [5.41, 5.74) is 2.76. The molecule has 0 saturated heterocycles. The SMILES string of the molecule is Cc1cccc(C(C)(C)NCC(O)c2ccc(S(C)(=O)=O)cc2)c1. The van der Waals surface area contributed by atoms with Crippen molar-refractivity contribution in [1.82, 2.24) is 5.32 Å². The predicted molar refractivity (Wildman–Crippen MR) is 96.7 cm³/mol. The van der Waals surface area contributed by atoms with Crippen molar-refractivity contribution in [1.29, 1.82) is 0 Å². The van der Waals surface area contributed by atoms with Crippen LogP contribution in [0.4, 0.5) is 0 Å². The summed E-state index contributed by atoms with van der Waals surface area (Å²) in [6, 6.07) is 14.6. The number of aliphatic hydroxyl groups is 1. The van der Waals surface area contributed by atoms with Crippen LogP contribution in [0.2, 0.25) is 0 Å².